The summed E-state index contributed by atoms with van der Waals surface area (Å²) >= 11 is 0. The normalized spacial score (nSPS) is 14.0. The van der Waals surface area contributed by atoms with Crippen molar-refractivity contribution >= 4 is 0 Å². The van der Waals surface area contributed by atoms with Crippen molar-refractivity contribution in [1.82, 2.24) is 0 Å². The summed E-state index contributed by atoms with van der Waals surface area (Å²) < 4.78 is 35.6. The number of hydrogen-bond donors (Lipinski definition) is 0. The van der Waals surface area contributed by atoms with Crippen LogP contribution in [-0.4, -0.2) is 6.18 Å². The summed E-state index contributed by atoms with van der Waals surface area (Å²) in [4.78, 5) is 0. The zero-order chi connectivity index (χ0) is 8.91. The van der Waals surface area contributed by atoms with Gasteiger partial charge >= 0.3 is 6.18 Å². The lowest BCUT2D eigenvalue weighted by atomic mass is 10.2. The topological polar surface area (TPSA) is 0 Å². The van der Waals surface area contributed by atoms with Crippen molar-refractivity contribution in [2.75, 3.05) is 0 Å². The van der Waals surface area contributed by atoms with Crippen LogP contribution in [0.4, 0.5) is 13.2 Å². The number of hydrogen-bond acceptors (Lipinski definition) is 0. The van der Waals surface area contributed by atoms with Gasteiger partial charge in [-0.3, -0.25) is 0 Å². The van der Waals surface area contributed by atoms with Crippen LogP contribution in [0.25, 0.3) is 0 Å². The molecule has 0 aliphatic heterocycles. The largest absolute Gasteiger partial charge is 0.416 e. The highest BCUT2D eigenvalue weighted by Gasteiger charge is 2.30. The van der Waals surface area contributed by atoms with Crippen LogP contribution in [0, 0.1) is 6.08 Å². The molecule has 0 saturated carbocycles. The van der Waals surface area contributed by atoms with E-state index in [2.05, 4.69) is 12.7 Å². The van der Waals surface area contributed by atoms with Crippen molar-refractivity contribution < 1.29 is 13.2 Å². The van der Waals surface area contributed by atoms with E-state index in [0.717, 1.165) is 12.2 Å². The van der Waals surface area contributed by atoms with Crippen LogP contribution < -0.4 is 0 Å². The smallest absolute Gasteiger partial charge is 0.166 e. The van der Waals surface area contributed by atoms with Crippen molar-refractivity contribution in [3.05, 3.63) is 36.5 Å². The third-order valence-electron chi connectivity index (χ3n) is 0.953. The Hall–Kier alpha value is -0.990. The Labute approximate surface area is 63.7 Å². The third-order valence-corrected chi connectivity index (χ3v) is 0.953. The maximum Gasteiger partial charge on any atom is 0.416 e. The van der Waals surface area contributed by atoms with Crippen molar-refractivity contribution in [3.63, 3.8) is 0 Å². The molecule has 0 atom stereocenters. The molecule has 0 spiro atoms. The van der Waals surface area contributed by atoms with Gasteiger partial charge < -0.3 is 0 Å². The minimum atomic E-state index is -4.32. The molecule has 0 aromatic rings. The van der Waals surface area contributed by atoms with E-state index in [9.17, 15) is 13.2 Å². The molecule has 3 heteroatoms. The van der Waals surface area contributed by atoms with Gasteiger partial charge in [-0.25, -0.2) is 0 Å². The summed E-state index contributed by atoms with van der Waals surface area (Å²) in [7, 11) is 0. The molecule has 0 aromatic heterocycles. The van der Waals surface area contributed by atoms with Crippen LogP contribution in [0.2, 0.25) is 0 Å². The predicted molar refractivity (Wildman–Crippen MR) is 37.8 cm³/mol. The first-order valence-corrected chi connectivity index (χ1v) is 2.96. The lowest BCUT2D eigenvalue weighted by Crippen LogP contribution is -2.09. The lowest BCUT2D eigenvalue weighted by molar-refractivity contribution is -0.0881. The van der Waals surface area contributed by atoms with Crippen LogP contribution in [0.3, 0.4) is 0 Å². The second-order valence-electron chi connectivity index (χ2n) is 1.76. The third kappa shape index (κ3) is 3.65. The van der Waals surface area contributed by atoms with E-state index in [-0.39, 0.29) is 0 Å². The SMILES string of the molecule is C=C/C(=C/[C]=C/C)C(F)(F)F. The monoisotopic (exact) mass is 161 g/mol. The first-order chi connectivity index (χ1) is 5.02. The summed E-state index contributed by atoms with van der Waals surface area (Å²) in [5, 5.41) is 0. The molecule has 0 fully saturated rings. The van der Waals surface area contributed by atoms with E-state index in [1.165, 1.54) is 6.08 Å². The molecule has 1 radical (unpaired) electrons. The molecule has 0 unspecified atom stereocenters. The standard InChI is InChI=1S/C8H8F3/c1-3-5-6-7(4-2)8(9,10)11/h3-4,6H,2H2,1H3/b5-3?,7-6-. The van der Waals surface area contributed by atoms with Crippen LogP contribution in [0.5, 0.6) is 0 Å². The quantitative estimate of drug-likeness (QED) is 0.546. The Morgan fingerprint density at radius 1 is 1.45 bits per heavy atom. The summed E-state index contributed by atoms with van der Waals surface area (Å²) in [6.45, 7) is 4.63. The molecule has 11 heavy (non-hydrogen) atoms. The molecule has 0 aliphatic carbocycles. The maximum atomic E-state index is 11.9. The highest BCUT2D eigenvalue weighted by atomic mass is 19.4. The molecule has 0 amide bonds. The zero-order valence-electron chi connectivity index (χ0n) is 6.07. The van der Waals surface area contributed by atoms with Gasteiger partial charge in [0.15, 0.2) is 0 Å². The Balaban J connectivity index is 4.53. The Morgan fingerprint density at radius 3 is 2.27 bits per heavy atom. The summed E-state index contributed by atoms with van der Waals surface area (Å²) in [6, 6.07) is 0. The molecule has 61 valence electrons. The molecule has 0 aromatic carbocycles. The molecule has 0 rings (SSSR count). The first-order valence-electron chi connectivity index (χ1n) is 2.96. The minimum Gasteiger partial charge on any atom is -0.166 e. The fraction of sp³-hybridized carbons (Fsp3) is 0.250. The Morgan fingerprint density at radius 2 is 2.00 bits per heavy atom. The average molecular weight is 161 g/mol. The number of allylic oxidation sites excluding steroid dienone is 5. The molecule has 0 N–H and O–H groups in total. The van der Waals surface area contributed by atoms with Crippen LogP contribution in [0.15, 0.2) is 30.4 Å². The number of rotatable bonds is 2. The second-order valence-corrected chi connectivity index (χ2v) is 1.76. The lowest BCUT2D eigenvalue weighted by Gasteiger charge is -2.04. The van der Waals surface area contributed by atoms with Gasteiger partial charge in [-0.05, 0) is 19.1 Å². The van der Waals surface area contributed by atoms with Gasteiger partial charge in [0, 0.05) is 0 Å². The molecule has 0 heterocycles. The van der Waals surface area contributed by atoms with Gasteiger partial charge in [0.1, 0.15) is 0 Å². The molecule has 0 nitrogen and oxygen atoms in total. The summed E-state index contributed by atoms with van der Waals surface area (Å²) in [5.41, 5.74) is -0.782. The summed E-state index contributed by atoms with van der Waals surface area (Å²) in [6.07, 6.45) is 1.02. The zero-order valence-corrected chi connectivity index (χ0v) is 6.07. The van der Waals surface area contributed by atoms with Crippen LogP contribution in [-0.2, 0) is 0 Å². The Bertz CT molecular complexity index is 184. The van der Waals surface area contributed by atoms with E-state index in [4.69, 9.17) is 0 Å². The molecule has 0 aliphatic rings. The Kier molecular flexibility index (Phi) is 3.65. The van der Waals surface area contributed by atoms with Gasteiger partial charge in [-0.1, -0.05) is 18.7 Å². The predicted octanol–water partition coefficient (Wildman–Crippen LogP) is 3.04. The molecular formula is C8H8F3. The fourth-order valence-corrected chi connectivity index (χ4v) is 0.430. The minimum absolute atomic E-state index is 0.760. The van der Waals surface area contributed by atoms with Crippen molar-refractivity contribution in [2.24, 2.45) is 0 Å². The molecule has 0 saturated heterocycles. The fourth-order valence-electron chi connectivity index (χ4n) is 0.430. The van der Waals surface area contributed by atoms with Crippen molar-refractivity contribution in [1.29, 1.82) is 0 Å². The van der Waals surface area contributed by atoms with E-state index in [1.807, 2.05) is 0 Å². The van der Waals surface area contributed by atoms with E-state index in [1.54, 1.807) is 6.92 Å². The highest BCUT2D eigenvalue weighted by molar-refractivity contribution is 5.24. The number of alkyl halides is 3. The van der Waals surface area contributed by atoms with Crippen molar-refractivity contribution in [2.45, 2.75) is 13.1 Å². The van der Waals surface area contributed by atoms with Gasteiger partial charge in [0.25, 0.3) is 0 Å². The van der Waals surface area contributed by atoms with E-state index >= 15 is 0 Å². The van der Waals surface area contributed by atoms with Gasteiger partial charge in [0.2, 0.25) is 0 Å². The van der Waals surface area contributed by atoms with Crippen LogP contribution in [0.1, 0.15) is 6.92 Å². The average Bonchev–Trinajstić information content (AvgIpc) is 1.87. The highest BCUT2D eigenvalue weighted by Crippen LogP contribution is 2.25. The van der Waals surface area contributed by atoms with Gasteiger partial charge in [0.05, 0.1) is 5.57 Å². The van der Waals surface area contributed by atoms with Gasteiger partial charge in [-0.2, -0.15) is 13.2 Å². The maximum absolute atomic E-state index is 11.9. The number of halogens is 3. The molecule has 0 bridgehead atoms. The van der Waals surface area contributed by atoms with Crippen LogP contribution >= 0.6 is 0 Å². The second kappa shape index (κ2) is 4.01. The van der Waals surface area contributed by atoms with E-state index in [0.29, 0.717) is 0 Å². The molecular weight excluding hydrogens is 153 g/mol. The summed E-state index contributed by atoms with van der Waals surface area (Å²) in [5.74, 6) is 0. The van der Waals surface area contributed by atoms with Crippen molar-refractivity contribution in [3.8, 4) is 0 Å². The van der Waals surface area contributed by atoms with E-state index < -0.39 is 11.7 Å². The first kappa shape index (κ1) is 10.0. The van der Waals surface area contributed by atoms with Gasteiger partial charge in [-0.15, -0.1) is 0 Å².